The third-order valence-electron chi connectivity index (χ3n) is 4.44. The van der Waals surface area contributed by atoms with Crippen molar-refractivity contribution in [3.05, 3.63) is 53.9 Å². The zero-order valence-corrected chi connectivity index (χ0v) is 14.3. The first-order valence-electron chi connectivity index (χ1n) is 8.19. The third-order valence-corrected chi connectivity index (χ3v) is 4.44. The Kier molecular flexibility index (Phi) is 4.70. The number of pyridine rings is 1. The highest BCUT2D eigenvalue weighted by atomic mass is 16.5. The van der Waals surface area contributed by atoms with E-state index >= 15 is 0 Å². The topological polar surface area (TPSA) is 88.1 Å². The van der Waals surface area contributed by atoms with Crippen molar-refractivity contribution in [2.75, 3.05) is 6.61 Å². The maximum absolute atomic E-state index is 11.4. The molecule has 130 valence electrons. The fourth-order valence-electron chi connectivity index (χ4n) is 2.69. The lowest BCUT2D eigenvalue weighted by atomic mass is 9.79. The van der Waals surface area contributed by atoms with Crippen molar-refractivity contribution in [2.24, 2.45) is 5.41 Å². The lowest BCUT2D eigenvalue weighted by Gasteiger charge is -2.26. The van der Waals surface area contributed by atoms with E-state index in [4.69, 9.17) is 4.74 Å². The molecule has 0 spiro atoms. The van der Waals surface area contributed by atoms with Gasteiger partial charge in [-0.3, -0.25) is 14.9 Å². The maximum atomic E-state index is 11.4. The summed E-state index contributed by atoms with van der Waals surface area (Å²) in [6, 6.07) is 5.58. The number of ether oxygens (including phenoxy) is 1. The summed E-state index contributed by atoms with van der Waals surface area (Å²) in [5.74, 6) is -0.137. The first-order chi connectivity index (χ1) is 12.0. The molecule has 1 aliphatic carbocycles. The molecule has 0 aliphatic heterocycles. The van der Waals surface area contributed by atoms with Crippen molar-refractivity contribution in [3.8, 4) is 17.1 Å². The van der Waals surface area contributed by atoms with Crippen molar-refractivity contribution in [2.45, 2.75) is 26.7 Å². The van der Waals surface area contributed by atoms with Crippen LogP contribution in [0.2, 0.25) is 0 Å². The summed E-state index contributed by atoms with van der Waals surface area (Å²) < 4.78 is 5.79. The van der Waals surface area contributed by atoms with Gasteiger partial charge in [0, 0.05) is 6.20 Å². The van der Waals surface area contributed by atoms with Crippen molar-refractivity contribution in [3.63, 3.8) is 0 Å². The summed E-state index contributed by atoms with van der Waals surface area (Å²) in [5.41, 5.74) is 2.71. The fraction of sp³-hybridized carbons (Fsp3) is 0.316. The minimum absolute atomic E-state index is 0.393. The molecule has 0 fully saturated rings. The van der Waals surface area contributed by atoms with Gasteiger partial charge in [0.1, 0.15) is 12.4 Å². The molecule has 6 heteroatoms. The van der Waals surface area contributed by atoms with Crippen molar-refractivity contribution in [1.82, 2.24) is 15.2 Å². The summed E-state index contributed by atoms with van der Waals surface area (Å²) in [6.07, 6.45) is 8.99. The average molecular weight is 339 g/mol. The number of rotatable bonds is 6. The number of nitrogens with one attached hydrogen (secondary N) is 1. The number of carbonyl (C=O) groups is 1. The van der Waals surface area contributed by atoms with Gasteiger partial charge < -0.3 is 9.84 Å². The molecule has 2 heterocycles. The van der Waals surface area contributed by atoms with Crippen molar-refractivity contribution >= 4 is 5.97 Å². The van der Waals surface area contributed by atoms with Gasteiger partial charge in [0.2, 0.25) is 0 Å². The predicted octanol–water partition coefficient (Wildman–Crippen LogP) is 3.61. The molecule has 0 bridgehead atoms. The van der Waals surface area contributed by atoms with E-state index in [0.29, 0.717) is 12.4 Å². The van der Waals surface area contributed by atoms with Gasteiger partial charge in [0.05, 0.1) is 23.0 Å². The van der Waals surface area contributed by atoms with Crippen LogP contribution in [0.5, 0.6) is 5.75 Å². The van der Waals surface area contributed by atoms with E-state index in [1.807, 2.05) is 24.3 Å². The quantitative estimate of drug-likeness (QED) is 0.839. The Bertz CT molecular complexity index is 803. The zero-order chi connectivity index (χ0) is 17.9. The van der Waals surface area contributed by atoms with Crippen molar-refractivity contribution in [1.29, 1.82) is 0 Å². The molecule has 0 saturated heterocycles. The van der Waals surface area contributed by atoms with Gasteiger partial charge in [-0.1, -0.05) is 17.7 Å². The molecule has 2 N–H and O–H groups in total. The van der Waals surface area contributed by atoms with Gasteiger partial charge in [-0.05, 0) is 50.5 Å². The number of H-pyrrole nitrogens is 1. The maximum Gasteiger partial charge on any atom is 0.313 e. The Morgan fingerprint density at radius 3 is 2.84 bits per heavy atom. The molecule has 2 aromatic heterocycles. The molecular weight excluding hydrogens is 318 g/mol. The highest BCUT2D eigenvalue weighted by Crippen LogP contribution is 2.34. The summed E-state index contributed by atoms with van der Waals surface area (Å²) in [7, 11) is 0. The number of aromatic amines is 1. The summed E-state index contributed by atoms with van der Waals surface area (Å²) in [5, 5.41) is 16.2. The van der Waals surface area contributed by atoms with Crippen LogP contribution in [0.25, 0.3) is 11.4 Å². The van der Waals surface area contributed by atoms with Crippen LogP contribution >= 0.6 is 0 Å². The normalized spacial score (nSPS) is 14.6. The Labute approximate surface area is 146 Å². The molecule has 0 aromatic carbocycles. The number of allylic oxidation sites excluding steroid dienone is 1. The number of hydrogen-bond donors (Lipinski definition) is 2. The molecule has 0 amide bonds. The van der Waals surface area contributed by atoms with E-state index in [0.717, 1.165) is 35.4 Å². The van der Waals surface area contributed by atoms with Crippen LogP contribution in [0.3, 0.4) is 0 Å². The zero-order valence-electron chi connectivity index (χ0n) is 14.3. The van der Waals surface area contributed by atoms with E-state index in [2.05, 4.69) is 21.3 Å². The molecule has 0 saturated carbocycles. The first-order valence-corrected chi connectivity index (χ1v) is 8.19. The van der Waals surface area contributed by atoms with Gasteiger partial charge in [-0.15, -0.1) is 0 Å². The lowest BCUT2D eigenvalue weighted by Crippen LogP contribution is -2.27. The number of aromatic nitrogens is 3. The van der Waals surface area contributed by atoms with Crippen LogP contribution in [0.15, 0.2) is 53.9 Å². The average Bonchev–Trinajstić information content (AvgIpc) is 3.15. The van der Waals surface area contributed by atoms with Crippen LogP contribution in [0, 0.1) is 5.41 Å². The molecule has 0 unspecified atom stereocenters. The second-order valence-electron chi connectivity index (χ2n) is 6.56. The van der Waals surface area contributed by atoms with E-state index in [1.54, 1.807) is 26.2 Å². The number of carboxylic acids is 1. The Balaban J connectivity index is 1.64. The largest absolute Gasteiger partial charge is 0.487 e. The number of aliphatic carboxylic acids is 1. The molecule has 6 nitrogen and oxygen atoms in total. The first kappa shape index (κ1) is 17.0. The molecule has 25 heavy (non-hydrogen) atoms. The van der Waals surface area contributed by atoms with Crippen molar-refractivity contribution < 1.29 is 14.6 Å². The Morgan fingerprint density at radius 1 is 1.36 bits per heavy atom. The molecule has 1 aliphatic rings. The summed E-state index contributed by atoms with van der Waals surface area (Å²) >= 11 is 0. The fourth-order valence-corrected chi connectivity index (χ4v) is 2.69. The summed E-state index contributed by atoms with van der Waals surface area (Å²) in [4.78, 5) is 15.8. The third kappa shape index (κ3) is 3.79. The monoisotopic (exact) mass is 339 g/mol. The summed E-state index contributed by atoms with van der Waals surface area (Å²) in [6.45, 7) is 3.87. The predicted molar refractivity (Wildman–Crippen MR) is 94.1 cm³/mol. The smallest absolute Gasteiger partial charge is 0.313 e. The van der Waals surface area contributed by atoms with Crippen LogP contribution in [-0.2, 0) is 4.79 Å². The molecule has 3 rings (SSSR count). The number of carboxylic acid groups (broad SMARTS) is 1. The van der Waals surface area contributed by atoms with Gasteiger partial charge in [0.15, 0.2) is 0 Å². The van der Waals surface area contributed by atoms with Gasteiger partial charge in [0.25, 0.3) is 0 Å². The SMILES string of the molecule is CC(C)(C(=O)O)C1=CC(COc2ccc(-c3ccn[nH]3)nc2)=CCC1. The minimum Gasteiger partial charge on any atom is -0.487 e. The Hall–Kier alpha value is -2.89. The second-order valence-corrected chi connectivity index (χ2v) is 6.56. The number of hydrogen-bond acceptors (Lipinski definition) is 4. The molecule has 0 atom stereocenters. The van der Waals surface area contributed by atoms with E-state index in [1.165, 1.54) is 0 Å². The van der Waals surface area contributed by atoms with E-state index < -0.39 is 11.4 Å². The lowest BCUT2D eigenvalue weighted by molar-refractivity contribution is -0.144. The molecular formula is C19H21N3O3. The van der Waals surface area contributed by atoms with Crippen LogP contribution in [-0.4, -0.2) is 32.9 Å². The van der Waals surface area contributed by atoms with Crippen LogP contribution in [0.1, 0.15) is 26.7 Å². The molecule has 0 radical (unpaired) electrons. The van der Waals surface area contributed by atoms with E-state index in [-0.39, 0.29) is 0 Å². The highest BCUT2D eigenvalue weighted by molar-refractivity contribution is 5.78. The highest BCUT2D eigenvalue weighted by Gasteiger charge is 2.32. The second kappa shape index (κ2) is 6.93. The molecule has 2 aromatic rings. The van der Waals surface area contributed by atoms with Crippen LogP contribution in [0.4, 0.5) is 0 Å². The van der Waals surface area contributed by atoms with Gasteiger partial charge in [-0.25, -0.2) is 0 Å². The minimum atomic E-state index is -0.854. The Morgan fingerprint density at radius 2 is 2.20 bits per heavy atom. The van der Waals surface area contributed by atoms with E-state index in [9.17, 15) is 9.90 Å². The number of nitrogens with zero attached hydrogens (tertiary/aromatic N) is 2. The van der Waals surface area contributed by atoms with Crippen LogP contribution < -0.4 is 4.74 Å². The van der Waals surface area contributed by atoms with Gasteiger partial charge >= 0.3 is 5.97 Å². The van der Waals surface area contributed by atoms with Gasteiger partial charge in [-0.2, -0.15) is 5.10 Å². The standard InChI is InChI=1S/C19H21N3O3/c1-19(2,18(23)24)14-5-3-4-13(10-14)12-25-15-6-7-16(20-11-15)17-8-9-21-22-17/h4,6-11H,3,5,12H2,1-2H3,(H,21,22)(H,23,24).